The number of nitrogens with zero attached hydrogens (tertiary/aromatic N) is 3. The van der Waals surface area contributed by atoms with E-state index in [0.29, 0.717) is 11.5 Å². The van der Waals surface area contributed by atoms with Gasteiger partial charge >= 0.3 is 0 Å². The molecular formula is C19H13N5O3. The van der Waals surface area contributed by atoms with Gasteiger partial charge in [-0.3, -0.25) is 19.9 Å². The zero-order valence-corrected chi connectivity index (χ0v) is 13.9. The van der Waals surface area contributed by atoms with Crippen molar-refractivity contribution in [2.75, 3.05) is 5.32 Å². The second-order valence-corrected chi connectivity index (χ2v) is 5.79. The number of H-pyrrole nitrogens is 1. The van der Waals surface area contributed by atoms with Crippen molar-refractivity contribution in [3.05, 3.63) is 82.5 Å². The molecule has 2 heterocycles. The first kappa shape index (κ1) is 16.4. The van der Waals surface area contributed by atoms with Crippen molar-refractivity contribution in [3.8, 4) is 11.5 Å². The average Bonchev–Trinajstić information content (AvgIpc) is 3.12. The summed E-state index contributed by atoms with van der Waals surface area (Å²) in [6, 6.07) is 16.4. The van der Waals surface area contributed by atoms with E-state index in [1.165, 1.54) is 24.3 Å². The van der Waals surface area contributed by atoms with Gasteiger partial charge in [0.2, 0.25) is 0 Å². The van der Waals surface area contributed by atoms with Gasteiger partial charge in [0.25, 0.3) is 11.6 Å². The van der Waals surface area contributed by atoms with Gasteiger partial charge in [-0.15, -0.1) is 0 Å². The summed E-state index contributed by atoms with van der Waals surface area (Å²) in [5.74, 6) is 0.204. The number of nitrogens with one attached hydrogen (secondary N) is 2. The molecule has 8 nitrogen and oxygen atoms in total. The first-order valence-electron chi connectivity index (χ1n) is 8.07. The van der Waals surface area contributed by atoms with Crippen LogP contribution in [0.2, 0.25) is 0 Å². The van der Waals surface area contributed by atoms with Crippen LogP contribution in [0.5, 0.6) is 0 Å². The molecule has 1 amide bonds. The van der Waals surface area contributed by atoms with Crippen LogP contribution in [0.25, 0.3) is 22.6 Å². The van der Waals surface area contributed by atoms with Gasteiger partial charge < -0.3 is 10.3 Å². The largest absolute Gasteiger partial charge is 0.337 e. The van der Waals surface area contributed by atoms with Crippen molar-refractivity contribution in [1.82, 2.24) is 15.0 Å². The number of aromatic amines is 1. The lowest BCUT2D eigenvalue weighted by atomic mass is 10.2. The summed E-state index contributed by atoms with van der Waals surface area (Å²) < 4.78 is 0. The number of carbonyl (C=O) groups excluding carboxylic acids is 1. The Balaban J connectivity index is 1.60. The Morgan fingerprint density at radius 3 is 2.74 bits per heavy atom. The van der Waals surface area contributed by atoms with E-state index >= 15 is 0 Å². The number of fused-ring (bicyclic) bond motifs is 1. The second-order valence-electron chi connectivity index (χ2n) is 5.79. The van der Waals surface area contributed by atoms with E-state index in [2.05, 4.69) is 20.3 Å². The smallest absolute Gasteiger partial charge is 0.270 e. The highest BCUT2D eigenvalue weighted by Gasteiger charge is 2.13. The minimum Gasteiger partial charge on any atom is -0.337 e. The van der Waals surface area contributed by atoms with Crippen LogP contribution < -0.4 is 5.32 Å². The van der Waals surface area contributed by atoms with Crippen molar-refractivity contribution in [1.29, 1.82) is 0 Å². The first-order valence-corrected chi connectivity index (χ1v) is 8.07. The maximum atomic E-state index is 12.4. The monoisotopic (exact) mass is 359 g/mol. The van der Waals surface area contributed by atoms with Crippen LogP contribution in [-0.4, -0.2) is 25.8 Å². The Labute approximate surface area is 153 Å². The fourth-order valence-electron chi connectivity index (χ4n) is 2.68. The molecule has 2 aromatic carbocycles. The van der Waals surface area contributed by atoms with Gasteiger partial charge in [-0.05, 0) is 36.4 Å². The zero-order valence-electron chi connectivity index (χ0n) is 13.9. The maximum Gasteiger partial charge on any atom is 0.270 e. The van der Waals surface area contributed by atoms with Crippen molar-refractivity contribution in [3.63, 3.8) is 0 Å². The minimum absolute atomic E-state index is 0.133. The predicted molar refractivity (Wildman–Crippen MR) is 100 cm³/mol. The number of amides is 1. The number of hydrogen-bond acceptors (Lipinski definition) is 5. The number of anilines is 1. The number of aromatic nitrogens is 3. The predicted octanol–water partition coefficient (Wildman–Crippen LogP) is 3.79. The molecular weight excluding hydrogens is 346 g/mol. The molecule has 8 heteroatoms. The van der Waals surface area contributed by atoms with Crippen molar-refractivity contribution >= 4 is 28.3 Å². The van der Waals surface area contributed by atoms with E-state index in [9.17, 15) is 14.9 Å². The maximum absolute atomic E-state index is 12.4. The number of hydrogen-bond donors (Lipinski definition) is 2. The van der Waals surface area contributed by atoms with Crippen molar-refractivity contribution in [2.45, 2.75) is 0 Å². The van der Waals surface area contributed by atoms with Gasteiger partial charge in [-0.2, -0.15) is 0 Å². The first-order chi connectivity index (χ1) is 13.1. The molecule has 4 rings (SSSR count). The molecule has 2 aromatic heterocycles. The normalized spacial score (nSPS) is 10.7. The molecule has 0 saturated heterocycles. The summed E-state index contributed by atoms with van der Waals surface area (Å²) in [5, 5.41) is 13.6. The molecule has 0 saturated carbocycles. The third-order valence-corrected chi connectivity index (χ3v) is 3.97. The lowest BCUT2D eigenvalue weighted by molar-refractivity contribution is -0.384. The SMILES string of the molecule is O=C(Nc1ccc2nc(-c3ccccn3)[nH]c2c1)c1cccc([N+](=O)[O-])c1. The highest BCUT2D eigenvalue weighted by atomic mass is 16.6. The van der Waals surface area contributed by atoms with Crippen LogP contribution in [0.3, 0.4) is 0 Å². The Bertz CT molecular complexity index is 1150. The van der Waals surface area contributed by atoms with Crippen LogP contribution in [0.1, 0.15) is 10.4 Å². The molecule has 0 bridgehead atoms. The Morgan fingerprint density at radius 1 is 1.07 bits per heavy atom. The van der Waals surface area contributed by atoms with Gasteiger partial charge in [0.05, 0.1) is 16.0 Å². The average molecular weight is 359 g/mol. The molecule has 4 aromatic rings. The van der Waals surface area contributed by atoms with E-state index in [1.54, 1.807) is 24.4 Å². The van der Waals surface area contributed by atoms with Gasteiger partial charge in [0, 0.05) is 29.6 Å². The number of imidazole rings is 1. The standard InChI is InChI=1S/C19H13N5O3/c25-19(12-4-3-5-14(10-12)24(26)27)21-13-7-8-15-17(11-13)23-18(22-15)16-6-1-2-9-20-16/h1-11H,(H,21,25)(H,22,23). The van der Waals surface area contributed by atoms with Crippen LogP contribution in [0.15, 0.2) is 66.9 Å². The van der Waals surface area contributed by atoms with Crippen LogP contribution in [-0.2, 0) is 0 Å². The fraction of sp³-hybridized carbons (Fsp3) is 0. The molecule has 2 N–H and O–H groups in total. The lowest BCUT2D eigenvalue weighted by Gasteiger charge is -2.05. The van der Waals surface area contributed by atoms with E-state index < -0.39 is 10.8 Å². The molecule has 0 atom stereocenters. The molecule has 0 radical (unpaired) electrons. The number of pyridine rings is 1. The number of non-ortho nitro benzene ring substituents is 1. The molecule has 0 aliphatic rings. The zero-order chi connectivity index (χ0) is 18.8. The molecule has 0 aliphatic heterocycles. The van der Waals surface area contributed by atoms with Gasteiger partial charge in [-0.25, -0.2) is 4.98 Å². The summed E-state index contributed by atoms with van der Waals surface area (Å²) in [6.07, 6.45) is 1.69. The quantitative estimate of drug-likeness (QED) is 0.425. The third kappa shape index (κ3) is 3.36. The Morgan fingerprint density at radius 2 is 1.96 bits per heavy atom. The number of nitro benzene ring substituents is 1. The third-order valence-electron chi connectivity index (χ3n) is 3.97. The molecule has 0 unspecified atom stereocenters. The van der Waals surface area contributed by atoms with Gasteiger partial charge in [0.1, 0.15) is 5.69 Å². The minimum atomic E-state index is -0.535. The van der Waals surface area contributed by atoms with E-state index in [0.717, 1.165) is 16.7 Å². The molecule has 0 aliphatic carbocycles. The number of rotatable bonds is 4. The van der Waals surface area contributed by atoms with E-state index in [4.69, 9.17) is 0 Å². The van der Waals surface area contributed by atoms with Gasteiger partial charge in [-0.1, -0.05) is 12.1 Å². The number of carbonyl (C=O) groups is 1. The van der Waals surface area contributed by atoms with E-state index in [-0.39, 0.29) is 11.3 Å². The molecule has 132 valence electrons. The summed E-state index contributed by atoms with van der Waals surface area (Å²) in [6.45, 7) is 0. The van der Waals surface area contributed by atoms with Crippen LogP contribution >= 0.6 is 0 Å². The van der Waals surface area contributed by atoms with Crippen molar-refractivity contribution in [2.24, 2.45) is 0 Å². The lowest BCUT2D eigenvalue weighted by Crippen LogP contribution is -2.12. The topological polar surface area (TPSA) is 114 Å². The Hall–Kier alpha value is -4.07. The number of nitro groups is 1. The molecule has 0 fully saturated rings. The summed E-state index contributed by atoms with van der Waals surface area (Å²) in [7, 11) is 0. The fourth-order valence-corrected chi connectivity index (χ4v) is 2.68. The van der Waals surface area contributed by atoms with Crippen LogP contribution in [0.4, 0.5) is 11.4 Å². The summed E-state index contributed by atoms with van der Waals surface area (Å²) in [5.41, 5.74) is 2.83. The highest BCUT2D eigenvalue weighted by molar-refractivity contribution is 6.05. The van der Waals surface area contributed by atoms with E-state index in [1.807, 2.05) is 18.2 Å². The summed E-state index contributed by atoms with van der Waals surface area (Å²) in [4.78, 5) is 34.6. The van der Waals surface area contributed by atoms with Gasteiger partial charge in [0.15, 0.2) is 5.82 Å². The summed E-state index contributed by atoms with van der Waals surface area (Å²) >= 11 is 0. The second kappa shape index (κ2) is 6.68. The highest BCUT2D eigenvalue weighted by Crippen LogP contribution is 2.22. The van der Waals surface area contributed by atoms with Crippen LogP contribution in [0, 0.1) is 10.1 Å². The number of benzene rings is 2. The van der Waals surface area contributed by atoms with Crippen molar-refractivity contribution < 1.29 is 9.72 Å². The molecule has 0 spiro atoms. The molecule has 27 heavy (non-hydrogen) atoms. The Kier molecular flexibility index (Phi) is 4.06.